The zero-order valence-electron chi connectivity index (χ0n) is 18.1. The van der Waals surface area contributed by atoms with E-state index in [0.29, 0.717) is 37.5 Å². The first kappa shape index (κ1) is 21.6. The van der Waals surface area contributed by atoms with Crippen LogP contribution in [0, 0.1) is 11.7 Å². The second-order valence-corrected chi connectivity index (χ2v) is 8.85. The number of halogens is 1. The quantitative estimate of drug-likeness (QED) is 0.688. The van der Waals surface area contributed by atoms with Crippen molar-refractivity contribution in [3.8, 4) is 0 Å². The van der Waals surface area contributed by atoms with Crippen molar-refractivity contribution in [2.45, 2.75) is 51.3 Å². The highest BCUT2D eigenvalue weighted by molar-refractivity contribution is 5.75. The van der Waals surface area contributed by atoms with Crippen LogP contribution in [-0.4, -0.2) is 41.8 Å². The van der Waals surface area contributed by atoms with Crippen LogP contribution in [-0.2, 0) is 6.54 Å². The fraction of sp³-hybridized carbons (Fsp3) is 0.480. The van der Waals surface area contributed by atoms with E-state index < -0.39 is 0 Å². The summed E-state index contributed by atoms with van der Waals surface area (Å²) in [7, 11) is 0. The molecule has 1 aliphatic carbocycles. The van der Waals surface area contributed by atoms with Crippen molar-refractivity contribution >= 4 is 11.7 Å². The number of hydrogen-bond acceptors (Lipinski definition) is 3. The average Bonchev–Trinajstić information content (AvgIpc) is 3.61. The van der Waals surface area contributed by atoms with Crippen molar-refractivity contribution in [3.05, 3.63) is 65.5 Å². The number of anilines is 1. The van der Waals surface area contributed by atoms with Crippen molar-refractivity contribution in [2.75, 3.05) is 24.5 Å². The summed E-state index contributed by atoms with van der Waals surface area (Å²) in [6.07, 6.45) is 3.38. The van der Waals surface area contributed by atoms with Crippen molar-refractivity contribution in [2.24, 2.45) is 5.92 Å². The SMILES string of the molecule is CC(c1ccccc1)N(CC1CC1)C(=O)NCc1ccc(N2CCC(O)CC2)c(F)c1. The lowest BCUT2D eigenvalue weighted by atomic mass is 10.1. The Morgan fingerprint density at radius 3 is 2.52 bits per heavy atom. The van der Waals surface area contributed by atoms with E-state index in [4.69, 9.17) is 0 Å². The summed E-state index contributed by atoms with van der Waals surface area (Å²) < 4.78 is 14.7. The second kappa shape index (κ2) is 9.69. The Morgan fingerprint density at radius 1 is 1.16 bits per heavy atom. The minimum absolute atomic E-state index is 0.0182. The molecule has 2 amide bonds. The van der Waals surface area contributed by atoms with Gasteiger partial charge < -0.3 is 20.2 Å². The van der Waals surface area contributed by atoms with Crippen LogP contribution in [0.1, 0.15) is 49.8 Å². The van der Waals surface area contributed by atoms with Gasteiger partial charge >= 0.3 is 6.03 Å². The summed E-state index contributed by atoms with van der Waals surface area (Å²) >= 11 is 0. The number of aliphatic hydroxyl groups is 1. The average molecular weight is 426 g/mol. The molecule has 0 spiro atoms. The Morgan fingerprint density at radius 2 is 1.87 bits per heavy atom. The van der Waals surface area contributed by atoms with E-state index in [2.05, 4.69) is 12.2 Å². The van der Waals surface area contributed by atoms with Crippen LogP contribution in [0.5, 0.6) is 0 Å². The van der Waals surface area contributed by atoms with Gasteiger partial charge in [0.05, 0.1) is 17.8 Å². The van der Waals surface area contributed by atoms with E-state index in [0.717, 1.165) is 17.7 Å². The molecule has 6 heteroatoms. The molecule has 1 unspecified atom stereocenters. The molecule has 0 radical (unpaired) electrons. The van der Waals surface area contributed by atoms with Gasteiger partial charge in [0.25, 0.3) is 0 Å². The molecule has 1 atom stereocenters. The number of amides is 2. The maximum Gasteiger partial charge on any atom is 0.318 e. The molecule has 0 aromatic heterocycles. The van der Waals surface area contributed by atoms with Crippen LogP contribution in [0.3, 0.4) is 0 Å². The molecule has 1 saturated heterocycles. The molecule has 1 heterocycles. The summed E-state index contributed by atoms with van der Waals surface area (Å²) in [6.45, 7) is 4.40. The first-order chi connectivity index (χ1) is 15.0. The highest BCUT2D eigenvalue weighted by Gasteiger charge is 2.30. The Labute approximate surface area is 183 Å². The maximum absolute atomic E-state index is 14.7. The third-order valence-corrected chi connectivity index (χ3v) is 6.42. The second-order valence-electron chi connectivity index (χ2n) is 8.85. The Bertz CT molecular complexity index is 880. The number of aliphatic hydroxyl groups excluding tert-OH is 1. The lowest BCUT2D eigenvalue weighted by Gasteiger charge is -2.32. The molecule has 2 fully saturated rings. The molecular weight excluding hydrogens is 393 g/mol. The zero-order chi connectivity index (χ0) is 21.8. The third-order valence-electron chi connectivity index (χ3n) is 6.42. The van der Waals surface area contributed by atoms with Gasteiger partial charge in [-0.1, -0.05) is 36.4 Å². The van der Waals surface area contributed by atoms with E-state index >= 15 is 0 Å². The molecule has 1 saturated carbocycles. The number of urea groups is 1. The standard InChI is InChI=1S/C25H32FN3O2/c1-18(21-5-3-2-4-6-21)29(17-19-7-8-19)25(31)27-16-20-9-10-24(23(26)15-20)28-13-11-22(30)12-14-28/h2-6,9-10,15,18-19,22,30H,7-8,11-14,16-17H2,1H3,(H,27,31). The molecule has 31 heavy (non-hydrogen) atoms. The monoisotopic (exact) mass is 425 g/mol. The minimum Gasteiger partial charge on any atom is -0.393 e. The highest BCUT2D eigenvalue weighted by atomic mass is 19.1. The fourth-order valence-electron chi connectivity index (χ4n) is 4.21. The number of nitrogens with zero attached hydrogens (tertiary/aromatic N) is 2. The summed E-state index contributed by atoms with van der Waals surface area (Å²) in [5, 5.41) is 12.6. The molecule has 1 aliphatic heterocycles. The van der Waals surface area contributed by atoms with Crippen LogP contribution in [0.2, 0.25) is 0 Å². The fourth-order valence-corrected chi connectivity index (χ4v) is 4.21. The first-order valence-corrected chi connectivity index (χ1v) is 11.3. The molecule has 0 bridgehead atoms. The molecule has 2 aromatic carbocycles. The summed E-state index contributed by atoms with van der Waals surface area (Å²) in [4.78, 5) is 16.9. The molecule has 2 aromatic rings. The smallest absolute Gasteiger partial charge is 0.318 e. The number of rotatable bonds is 7. The Hall–Kier alpha value is -2.60. The van der Waals surface area contributed by atoms with Crippen LogP contribution in [0.15, 0.2) is 48.5 Å². The van der Waals surface area contributed by atoms with Gasteiger partial charge in [0, 0.05) is 26.2 Å². The van der Waals surface area contributed by atoms with Crippen LogP contribution in [0.25, 0.3) is 0 Å². The number of piperidine rings is 1. The topological polar surface area (TPSA) is 55.8 Å². The van der Waals surface area contributed by atoms with E-state index in [9.17, 15) is 14.3 Å². The summed E-state index contributed by atoms with van der Waals surface area (Å²) in [5.41, 5.74) is 2.42. The van der Waals surface area contributed by atoms with E-state index in [1.54, 1.807) is 6.07 Å². The predicted molar refractivity (Wildman–Crippen MR) is 120 cm³/mol. The lowest BCUT2D eigenvalue weighted by Crippen LogP contribution is -2.42. The summed E-state index contributed by atoms with van der Waals surface area (Å²) in [6, 6.07) is 15.1. The normalized spacial score (nSPS) is 18.0. The minimum atomic E-state index is -0.286. The van der Waals surface area contributed by atoms with Crippen molar-refractivity contribution < 1.29 is 14.3 Å². The number of carbonyl (C=O) groups excluding carboxylic acids is 1. The number of hydrogen-bond donors (Lipinski definition) is 2. The van der Waals surface area contributed by atoms with Gasteiger partial charge in [-0.3, -0.25) is 0 Å². The molecule has 2 N–H and O–H groups in total. The van der Waals surface area contributed by atoms with Crippen molar-refractivity contribution in [3.63, 3.8) is 0 Å². The highest BCUT2D eigenvalue weighted by Crippen LogP contribution is 2.33. The lowest BCUT2D eigenvalue weighted by molar-refractivity contribution is 0.145. The number of carbonyl (C=O) groups is 1. The van der Waals surface area contributed by atoms with Gasteiger partial charge in [-0.05, 0) is 61.8 Å². The molecule has 4 rings (SSSR count). The number of nitrogens with one attached hydrogen (secondary N) is 1. The van der Waals surface area contributed by atoms with E-state index in [-0.39, 0.29) is 30.5 Å². The molecule has 2 aliphatic rings. The number of benzene rings is 2. The molecular formula is C25H32FN3O2. The Balaban J connectivity index is 1.38. The van der Waals surface area contributed by atoms with Gasteiger partial charge in [0.1, 0.15) is 5.82 Å². The van der Waals surface area contributed by atoms with Crippen LogP contribution < -0.4 is 10.2 Å². The maximum atomic E-state index is 14.7. The van der Waals surface area contributed by atoms with Gasteiger partial charge in [-0.15, -0.1) is 0 Å². The van der Waals surface area contributed by atoms with Gasteiger partial charge in [0.2, 0.25) is 0 Å². The summed E-state index contributed by atoms with van der Waals surface area (Å²) in [5.74, 6) is 0.298. The van der Waals surface area contributed by atoms with Crippen LogP contribution >= 0.6 is 0 Å². The van der Waals surface area contributed by atoms with Gasteiger partial charge in [0.15, 0.2) is 0 Å². The zero-order valence-corrected chi connectivity index (χ0v) is 18.1. The molecule has 5 nitrogen and oxygen atoms in total. The predicted octanol–water partition coefficient (Wildman–Crippen LogP) is 4.47. The third kappa shape index (κ3) is 5.56. The first-order valence-electron chi connectivity index (χ1n) is 11.3. The van der Waals surface area contributed by atoms with Crippen molar-refractivity contribution in [1.82, 2.24) is 10.2 Å². The Kier molecular flexibility index (Phi) is 6.76. The van der Waals surface area contributed by atoms with Gasteiger partial charge in [-0.25, -0.2) is 9.18 Å². The largest absolute Gasteiger partial charge is 0.393 e. The van der Waals surface area contributed by atoms with E-state index in [1.165, 1.54) is 18.9 Å². The van der Waals surface area contributed by atoms with Crippen LogP contribution in [0.4, 0.5) is 14.9 Å². The van der Waals surface area contributed by atoms with Crippen molar-refractivity contribution in [1.29, 1.82) is 0 Å². The molecule has 166 valence electrons. The van der Waals surface area contributed by atoms with E-state index in [1.807, 2.05) is 46.2 Å². The van der Waals surface area contributed by atoms with Gasteiger partial charge in [-0.2, -0.15) is 0 Å².